The number of nitrogens with zero attached hydrogens (tertiary/aromatic N) is 1. The van der Waals surface area contributed by atoms with Crippen molar-refractivity contribution >= 4 is 44.6 Å². The summed E-state index contributed by atoms with van der Waals surface area (Å²) in [5, 5.41) is 3.59. The van der Waals surface area contributed by atoms with Crippen LogP contribution in [-0.2, 0) is 10.0 Å². The zero-order valence-corrected chi connectivity index (χ0v) is 15.6. The third-order valence-electron chi connectivity index (χ3n) is 3.10. The Morgan fingerprint density at radius 2 is 1.81 bits per heavy atom. The zero-order valence-electron chi connectivity index (χ0n) is 13.3. The molecule has 2 aromatic rings. The Kier molecular flexibility index (Phi) is 6.23. The van der Waals surface area contributed by atoms with Gasteiger partial charge in [0.15, 0.2) is 5.75 Å². The molecule has 0 aliphatic rings. The van der Waals surface area contributed by atoms with E-state index >= 15 is 0 Å². The number of rotatable bonds is 5. The number of hydrogen-bond donors (Lipinski definition) is 1. The van der Waals surface area contributed by atoms with Gasteiger partial charge < -0.3 is 4.84 Å². The maximum atomic E-state index is 13.1. The largest absolute Gasteiger partial charge is 0.516 e. The molecule has 0 fully saturated rings. The van der Waals surface area contributed by atoms with Crippen molar-refractivity contribution in [1.29, 1.82) is 0 Å². The molecule has 0 saturated carbocycles. The number of sulfonamides is 1. The van der Waals surface area contributed by atoms with Gasteiger partial charge in [-0.1, -0.05) is 28.4 Å². The molecule has 2 aromatic carbocycles. The lowest BCUT2D eigenvalue weighted by Crippen LogP contribution is -2.30. The molecule has 0 atom stereocenters. The van der Waals surface area contributed by atoms with Crippen molar-refractivity contribution in [3.8, 4) is 5.75 Å². The fourth-order valence-electron chi connectivity index (χ4n) is 1.81. The number of halogens is 6. The molecule has 0 unspecified atom stereocenters. The summed E-state index contributed by atoms with van der Waals surface area (Å²) in [6.45, 7) is 1.35. The fraction of sp³-hybridized carbons (Fsp3) is 0.133. The molecule has 0 aromatic heterocycles. The van der Waals surface area contributed by atoms with Crippen LogP contribution in [0.3, 0.4) is 0 Å². The van der Waals surface area contributed by atoms with Gasteiger partial charge in [0.05, 0.1) is 16.4 Å². The van der Waals surface area contributed by atoms with Crippen LogP contribution in [0.5, 0.6) is 5.75 Å². The summed E-state index contributed by atoms with van der Waals surface area (Å²) in [6.07, 6.45) is 0. The van der Waals surface area contributed by atoms with Crippen molar-refractivity contribution in [1.82, 2.24) is 0 Å². The predicted octanol–water partition coefficient (Wildman–Crippen LogP) is 5.20. The second-order valence-corrected chi connectivity index (χ2v) is 7.60. The molecular formula is C15H10Cl2F4N2O3S. The van der Waals surface area contributed by atoms with Gasteiger partial charge in [0, 0.05) is 16.7 Å². The first kappa shape index (κ1) is 21.3. The minimum absolute atomic E-state index is 0.00202. The standard InChI is InChI=1S/C15H10Cl2F4N2O3S/c1-8(22-26-10-3-4-13(18)12(17)7-10)11-6-9(16)2-5-14(11)23-27(24,25)15(19,20)21/h2-7,23H,1H3. The lowest BCUT2D eigenvalue weighted by atomic mass is 10.1. The minimum atomic E-state index is -5.65. The second kappa shape index (κ2) is 7.91. The summed E-state index contributed by atoms with van der Waals surface area (Å²) in [5.74, 6) is -0.622. The minimum Gasteiger partial charge on any atom is -0.357 e. The fourth-order valence-corrected chi connectivity index (χ4v) is 2.74. The first-order chi connectivity index (χ1) is 12.4. The Bertz CT molecular complexity index is 995. The molecule has 146 valence electrons. The molecule has 27 heavy (non-hydrogen) atoms. The highest BCUT2D eigenvalue weighted by Gasteiger charge is 2.46. The van der Waals surface area contributed by atoms with Gasteiger partial charge >= 0.3 is 15.5 Å². The van der Waals surface area contributed by atoms with Gasteiger partial charge in [-0.05, 0) is 37.3 Å². The van der Waals surface area contributed by atoms with E-state index in [1.807, 2.05) is 0 Å². The molecule has 5 nitrogen and oxygen atoms in total. The zero-order chi connectivity index (χ0) is 20.4. The molecular weight excluding hydrogens is 435 g/mol. The van der Waals surface area contributed by atoms with Crippen molar-refractivity contribution in [2.24, 2.45) is 5.16 Å². The van der Waals surface area contributed by atoms with Crippen molar-refractivity contribution < 1.29 is 30.8 Å². The Morgan fingerprint density at radius 1 is 1.15 bits per heavy atom. The van der Waals surface area contributed by atoms with E-state index in [0.717, 1.165) is 18.2 Å². The number of oxime groups is 1. The number of nitrogens with one attached hydrogen (secondary N) is 1. The molecule has 0 heterocycles. The Morgan fingerprint density at radius 3 is 2.41 bits per heavy atom. The topological polar surface area (TPSA) is 67.8 Å². The van der Waals surface area contributed by atoms with E-state index in [-0.39, 0.29) is 27.1 Å². The lowest BCUT2D eigenvalue weighted by Gasteiger charge is -2.14. The predicted molar refractivity (Wildman–Crippen MR) is 94.3 cm³/mol. The van der Waals surface area contributed by atoms with Gasteiger partial charge in [-0.2, -0.15) is 21.6 Å². The number of anilines is 1. The third-order valence-corrected chi connectivity index (χ3v) is 4.72. The highest BCUT2D eigenvalue weighted by molar-refractivity contribution is 7.93. The van der Waals surface area contributed by atoms with E-state index in [9.17, 15) is 26.0 Å². The van der Waals surface area contributed by atoms with Gasteiger partial charge in [-0.15, -0.1) is 0 Å². The van der Waals surface area contributed by atoms with Crippen LogP contribution in [-0.4, -0.2) is 19.6 Å². The van der Waals surface area contributed by atoms with E-state index in [2.05, 4.69) is 5.16 Å². The molecule has 0 saturated heterocycles. The molecule has 1 N–H and O–H groups in total. The summed E-state index contributed by atoms with van der Waals surface area (Å²) in [4.78, 5) is 5.04. The second-order valence-electron chi connectivity index (χ2n) is 5.09. The van der Waals surface area contributed by atoms with Crippen LogP contribution in [0.4, 0.5) is 23.2 Å². The maximum Gasteiger partial charge on any atom is 0.516 e. The molecule has 0 aliphatic carbocycles. The highest BCUT2D eigenvalue weighted by atomic mass is 35.5. The quantitative estimate of drug-likeness (QED) is 0.391. The van der Waals surface area contributed by atoms with Crippen molar-refractivity contribution in [3.05, 3.63) is 57.8 Å². The average Bonchev–Trinajstić information content (AvgIpc) is 2.56. The summed E-state index contributed by atoms with van der Waals surface area (Å²) >= 11 is 11.4. The van der Waals surface area contributed by atoms with Gasteiger partial charge in [-0.25, -0.2) is 4.39 Å². The molecule has 12 heteroatoms. The first-order valence-electron chi connectivity index (χ1n) is 6.96. The molecule has 2 rings (SSSR count). The van der Waals surface area contributed by atoms with Crippen molar-refractivity contribution in [2.45, 2.75) is 12.4 Å². The smallest absolute Gasteiger partial charge is 0.357 e. The molecule has 0 bridgehead atoms. The monoisotopic (exact) mass is 444 g/mol. The van der Waals surface area contributed by atoms with Crippen molar-refractivity contribution in [3.63, 3.8) is 0 Å². The van der Waals surface area contributed by atoms with Gasteiger partial charge in [0.1, 0.15) is 5.82 Å². The third kappa shape index (κ3) is 5.24. The van der Waals surface area contributed by atoms with E-state index in [1.54, 1.807) is 0 Å². The van der Waals surface area contributed by atoms with Crippen LogP contribution >= 0.6 is 23.2 Å². The summed E-state index contributed by atoms with van der Waals surface area (Å²) in [5.41, 5.74) is -5.96. The van der Waals surface area contributed by atoms with Gasteiger partial charge in [0.25, 0.3) is 0 Å². The molecule has 0 amide bonds. The normalized spacial score (nSPS) is 12.8. The number of hydrogen-bond acceptors (Lipinski definition) is 4. The van der Waals surface area contributed by atoms with E-state index in [0.29, 0.717) is 0 Å². The number of benzene rings is 2. The summed E-state index contributed by atoms with van der Waals surface area (Å²) < 4.78 is 75.0. The van der Waals surface area contributed by atoms with Gasteiger partial charge in [-0.3, -0.25) is 4.72 Å². The number of alkyl halides is 3. The maximum absolute atomic E-state index is 13.1. The Balaban J connectivity index is 2.36. The van der Waals surface area contributed by atoms with Gasteiger partial charge in [0.2, 0.25) is 0 Å². The first-order valence-corrected chi connectivity index (χ1v) is 9.20. The van der Waals surface area contributed by atoms with Crippen molar-refractivity contribution in [2.75, 3.05) is 4.72 Å². The van der Waals surface area contributed by atoms with Crippen LogP contribution in [0, 0.1) is 5.82 Å². The summed E-state index contributed by atoms with van der Waals surface area (Å²) in [6, 6.07) is 6.85. The SMILES string of the molecule is CC(=NOc1ccc(F)c(Cl)c1)c1cc(Cl)ccc1NS(=O)(=O)C(F)(F)F. The van der Waals surface area contributed by atoms with Crippen LogP contribution in [0.2, 0.25) is 10.0 Å². The van der Waals surface area contributed by atoms with Crippen LogP contribution < -0.4 is 9.56 Å². The lowest BCUT2D eigenvalue weighted by molar-refractivity contribution is -0.0429. The van der Waals surface area contributed by atoms with E-state index < -0.39 is 27.0 Å². The van der Waals surface area contributed by atoms with Crippen LogP contribution in [0.15, 0.2) is 41.6 Å². The molecule has 0 aliphatic heterocycles. The highest BCUT2D eigenvalue weighted by Crippen LogP contribution is 2.29. The Labute approximate surface area is 161 Å². The summed E-state index contributed by atoms with van der Waals surface area (Å²) in [7, 11) is -5.65. The molecule has 0 spiro atoms. The molecule has 0 radical (unpaired) electrons. The average molecular weight is 445 g/mol. The van der Waals surface area contributed by atoms with E-state index in [1.165, 1.54) is 29.8 Å². The van der Waals surface area contributed by atoms with E-state index in [4.69, 9.17) is 28.0 Å². The van der Waals surface area contributed by atoms with Crippen LogP contribution in [0.25, 0.3) is 0 Å². The van der Waals surface area contributed by atoms with Crippen LogP contribution in [0.1, 0.15) is 12.5 Å². The Hall–Kier alpha value is -2.04.